The van der Waals surface area contributed by atoms with Crippen LogP contribution in [0.1, 0.15) is 39.0 Å². The molecule has 0 saturated carbocycles. The second-order valence-electron chi connectivity index (χ2n) is 5.07. The van der Waals surface area contributed by atoms with E-state index in [0.717, 1.165) is 18.9 Å². The van der Waals surface area contributed by atoms with Crippen molar-refractivity contribution in [3.8, 4) is 0 Å². The van der Waals surface area contributed by atoms with Crippen molar-refractivity contribution < 1.29 is 4.74 Å². The van der Waals surface area contributed by atoms with Crippen LogP contribution in [0.4, 0.5) is 0 Å². The van der Waals surface area contributed by atoms with Gasteiger partial charge in [0.2, 0.25) is 0 Å². The minimum absolute atomic E-state index is 0.402. The number of piperidine rings is 1. The van der Waals surface area contributed by atoms with Crippen LogP contribution in [0.2, 0.25) is 0 Å². The molecule has 3 heteroatoms. The second-order valence-corrected chi connectivity index (χ2v) is 5.07. The molecular weight excluding hydrogens is 200 g/mol. The summed E-state index contributed by atoms with van der Waals surface area (Å²) in [6.07, 6.45) is 6.18. The lowest BCUT2D eigenvalue weighted by Gasteiger charge is -2.32. The van der Waals surface area contributed by atoms with Crippen molar-refractivity contribution in [1.29, 1.82) is 0 Å². The lowest BCUT2D eigenvalue weighted by molar-refractivity contribution is 0.0896. The van der Waals surface area contributed by atoms with Crippen LogP contribution in [0.5, 0.6) is 0 Å². The van der Waals surface area contributed by atoms with Crippen molar-refractivity contribution in [3.63, 3.8) is 0 Å². The molecule has 0 aromatic carbocycles. The lowest BCUT2D eigenvalue weighted by Crippen LogP contribution is -2.38. The number of rotatable bonds is 7. The van der Waals surface area contributed by atoms with E-state index in [4.69, 9.17) is 10.5 Å². The van der Waals surface area contributed by atoms with Crippen LogP contribution in [-0.2, 0) is 4.74 Å². The van der Waals surface area contributed by atoms with Crippen molar-refractivity contribution in [2.45, 2.75) is 45.1 Å². The Hall–Kier alpha value is -0.120. The molecule has 96 valence electrons. The highest BCUT2D eigenvalue weighted by Gasteiger charge is 2.19. The molecule has 1 saturated heterocycles. The third-order valence-electron chi connectivity index (χ3n) is 3.58. The van der Waals surface area contributed by atoms with E-state index in [1.807, 2.05) is 0 Å². The molecule has 1 rings (SSSR count). The van der Waals surface area contributed by atoms with E-state index in [2.05, 4.69) is 11.8 Å². The highest BCUT2D eigenvalue weighted by atomic mass is 16.5. The zero-order valence-corrected chi connectivity index (χ0v) is 11.0. The molecule has 16 heavy (non-hydrogen) atoms. The van der Waals surface area contributed by atoms with Crippen molar-refractivity contribution in [2.24, 2.45) is 11.7 Å². The Balaban J connectivity index is 2.11. The summed E-state index contributed by atoms with van der Waals surface area (Å²) in [7, 11) is 1.80. The van der Waals surface area contributed by atoms with Gasteiger partial charge in [-0.1, -0.05) is 6.92 Å². The molecule has 0 aromatic heterocycles. The largest absolute Gasteiger partial charge is 0.384 e. The fourth-order valence-corrected chi connectivity index (χ4v) is 2.51. The normalized spacial score (nSPS) is 24.6. The minimum Gasteiger partial charge on any atom is -0.384 e. The molecule has 2 unspecified atom stereocenters. The highest BCUT2D eigenvalue weighted by Crippen LogP contribution is 2.17. The summed E-state index contributed by atoms with van der Waals surface area (Å²) in [5.41, 5.74) is 5.93. The maximum atomic E-state index is 5.93. The number of hydrogen-bond acceptors (Lipinski definition) is 3. The molecule has 0 radical (unpaired) electrons. The first-order valence-corrected chi connectivity index (χ1v) is 6.73. The van der Waals surface area contributed by atoms with E-state index < -0.39 is 0 Å². The van der Waals surface area contributed by atoms with E-state index in [1.54, 1.807) is 7.11 Å². The van der Waals surface area contributed by atoms with Gasteiger partial charge in [-0.05, 0) is 51.1 Å². The molecule has 0 bridgehead atoms. The Bertz CT molecular complexity index is 173. The molecule has 1 aliphatic rings. The van der Waals surface area contributed by atoms with Crippen molar-refractivity contribution >= 4 is 0 Å². The van der Waals surface area contributed by atoms with Crippen LogP contribution in [0.25, 0.3) is 0 Å². The van der Waals surface area contributed by atoms with E-state index in [9.17, 15) is 0 Å². The van der Waals surface area contributed by atoms with Gasteiger partial charge in [-0.15, -0.1) is 0 Å². The van der Waals surface area contributed by atoms with Gasteiger partial charge >= 0.3 is 0 Å². The molecule has 0 spiro atoms. The number of hydrogen-bond donors (Lipinski definition) is 1. The summed E-state index contributed by atoms with van der Waals surface area (Å²) >= 11 is 0. The summed E-state index contributed by atoms with van der Waals surface area (Å²) in [6, 6.07) is 0.402. The van der Waals surface area contributed by atoms with Gasteiger partial charge in [-0.2, -0.15) is 0 Å². The molecule has 3 nitrogen and oxygen atoms in total. The fourth-order valence-electron chi connectivity index (χ4n) is 2.51. The van der Waals surface area contributed by atoms with Crippen LogP contribution in [0, 0.1) is 5.92 Å². The van der Waals surface area contributed by atoms with Crippen LogP contribution in [0.3, 0.4) is 0 Å². The molecular formula is C13H28N2O. The molecule has 2 N–H and O–H groups in total. The third-order valence-corrected chi connectivity index (χ3v) is 3.58. The Kier molecular flexibility index (Phi) is 7.01. The van der Waals surface area contributed by atoms with E-state index in [1.165, 1.54) is 45.3 Å². The van der Waals surface area contributed by atoms with Gasteiger partial charge in [0.1, 0.15) is 0 Å². The van der Waals surface area contributed by atoms with Gasteiger partial charge in [0.05, 0.1) is 6.61 Å². The fraction of sp³-hybridized carbons (Fsp3) is 1.00. The Morgan fingerprint density at radius 3 is 3.00 bits per heavy atom. The van der Waals surface area contributed by atoms with Crippen molar-refractivity contribution in [2.75, 3.05) is 33.4 Å². The predicted octanol–water partition coefficient (Wildman–Crippen LogP) is 1.86. The summed E-state index contributed by atoms with van der Waals surface area (Å²) in [5, 5.41) is 0. The molecule has 0 aromatic rings. The SMILES string of the molecule is CCC(N)CCCN1CCCC(COC)C1. The van der Waals surface area contributed by atoms with Gasteiger partial charge in [-0.25, -0.2) is 0 Å². The molecule has 0 amide bonds. The summed E-state index contributed by atoms with van der Waals surface area (Å²) in [4.78, 5) is 2.58. The van der Waals surface area contributed by atoms with Gasteiger partial charge < -0.3 is 15.4 Å². The number of likely N-dealkylation sites (tertiary alicyclic amines) is 1. The van der Waals surface area contributed by atoms with Crippen LogP contribution < -0.4 is 5.73 Å². The Morgan fingerprint density at radius 1 is 1.50 bits per heavy atom. The molecule has 1 fully saturated rings. The van der Waals surface area contributed by atoms with E-state index in [-0.39, 0.29) is 0 Å². The second kappa shape index (κ2) is 8.04. The maximum absolute atomic E-state index is 5.93. The first-order valence-electron chi connectivity index (χ1n) is 6.73. The standard InChI is InChI=1S/C13H28N2O/c1-3-13(14)7-5-9-15-8-4-6-12(10-15)11-16-2/h12-13H,3-11,14H2,1-2H3. The number of methoxy groups -OCH3 is 1. The average Bonchev–Trinajstić information content (AvgIpc) is 2.30. The molecule has 0 aliphatic carbocycles. The van der Waals surface area contributed by atoms with Crippen LogP contribution in [-0.4, -0.2) is 44.3 Å². The monoisotopic (exact) mass is 228 g/mol. The van der Waals surface area contributed by atoms with Gasteiger partial charge in [-0.3, -0.25) is 0 Å². The topological polar surface area (TPSA) is 38.5 Å². The smallest absolute Gasteiger partial charge is 0.0502 e. The predicted molar refractivity (Wildman–Crippen MR) is 68.5 cm³/mol. The zero-order chi connectivity index (χ0) is 11.8. The maximum Gasteiger partial charge on any atom is 0.0502 e. The van der Waals surface area contributed by atoms with Crippen molar-refractivity contribution in [1.82, 2.24) is 4.90 Å². The van der Waals surface area contributed by atoms with Gasteiger partial charge in [0.25, 0.3) is 0 Å². The summed E-state index contributed by atoms with van der Waals surface area (Å²) in [5.74, 6) is 0.749. The Morgan fingerprint density at radius 2 is 2.31 bits per heavy atom. The zero-order valence-electron chi connectivity index (χ0n) is 11.0. The van der Waals surface area contributed by atoms with E-state index in [0.29, 0.717) is 6.04 Å². The minimum atomic E-state index is 0.402. The van der Waals surface area contributed by atoms with Crippen LogP contribution in [0.15, 0.2) is 0 Å². The van der Waals surface area contributed by atoms with Gasteiger partial charge in [0.15, 0.2) is 0 Å². The third kappa shape index (κ3) is 5.28. The van der Waals surface area contributed by atoms with Gasteiger partial charge in [0, 0.05) is 19.7 Å². The number of ether oxygens (including phenoxy) is 1. The number of nitrogens with zero attached hydrogens (tertiary/aromatic N) is 1. The molecule has 1 heterocycles. The first-order chi connectivity index (χ1) is 7.76. The summed E-state index contributed by atoms with van der Waals surface area (Å²) < 4.78 is 5.24. The van der Waals surface area contributed by atoms with Crippen LogP contribution >= 0.6 is 0 Å². The lowest BCUT2D eigenvalue weighted by atomic mass is 9.98. The van der Waals surface area contributed by atoms with E-state index >= 15 is 0 Å². The quantitative estimate of drug-likeness (QED) is 0.723. The molecule has 1 aliphatic heterocycles. The average molecular weight is 228 g/mol. The van der Waals surface area contributed by atoms with Crippen molar-refractivity contribution in [3.05, 3.63) is 0 Å². The number of nitrogens with two attached hydrogens (primary N) is 1. The summed E-state index contributed by atoms with van der Waals surface area (Å²) in [6.45, 7) is 6.79. The first kappa shape index (κ1) is 13.9. The Labute approximate surface area is 100 Å². The highest BCUT2D eigenvalue weighted by molar-refractivity contribution is 4.73. The molecule has 2 atom stereocenters.